The third-order valence-corrected chi connectivity index (χ3v) is 32.9. The molecule has 10 saturated heterocycles. The second kappa shape index (κ2) is 31.3. The maximum absolute atomic E-state index is 4.43. The van der Waals surface area contributed by atoms with E-state index in [9.17, 15) is 0 Å². The van der Waals surface area contributed by atoms with Gasteiger partial charge in [0.25, 0.3) is 0 Å². The molecule has 0 aromatic heterocycles. The first-order chi connectivity index (χ1) is 51.5. The van der Waals surface area contributed by atoms with Crippen LogP contribution in [0.3, 0.4) is 0 Å². The first-order valence-corrected chi connectivity index (χ1v) is 43.9. The smallest absolute Gasteiger partial charge is 0.0634 e. The zero-order valence-corrected chi connectivity index (χ0v) is 63.1. The van der Waals surface area contributed by atoms with Gasteiger partial charge in [0, 0.05) is 23.7 Å². The largest absolute Gasteiger partial charge is 0.412 e. The Bertz CT molecular complexity index is 3070. The number of hydrogen-bond donors (Lipinski definition) is 16. The second-order valence-corrected chi connectivity index (χ2v) is 37.5. The van der Waals surface area contributed by atoms with E-state index >= 15 is 0 Å². The number of benzene rings is 4. The van der Waals surface area contributed by atoms with Gasteiger partial charge in [-0.2, -0.15) is 0 Å². The van der Waals surface area contributed by atoms with Crippen LogP contribution in [0.1, 0.15) is 226 Å². The van der Waals surface area contributed by atoms with Gasteiger partial charge in [0.05, 0.1) is 98.7 Å². The van der Waals surface area contributed by atoms with Crippen LogP contribution in [-0.4, -0.2) is 110 Å². The van der Waals surface area contributed by atoms with Crippen molar-refractivity contribution in [2.24, 2.45) is 94.7 Å². The Morgan fingerprint density at radius 1 is 0.151 bits per heavy atom. The molecule has 18 heteroatoms. The molecule has 8 aliphatic carbocycles. The third-order valence-electron chi connectivity index (χ3n) is 32.9. The highest BCUT2D eigenvalue weighted by Crippen LogP contribution is 2.57. The molecule has 18 nitrogen and oxygen atoms in total. The Hall–Kier alpha value is -3.84. The summed E-state index contributed by atoms with van der Waals surface area (Å²) in [7, 11) is 0. The van der Waals surface area contributed by atoms with Crippen LogP contribution in [0.15, 0.2) is 121 Å². The van der Waals surface area contributed by atoms with Crippen LogP contribution < -0.4 is 85.1 Å². The monoisotopic (exact) mass is 1450 g/mol. The van der Waals surface area contributed by atoms with Gasteiger partial charge in [-0.15, -0.1) is 0 Å². The van der Waals surface area contributed by atoms with E-state index in [-0.39, 0.29) is 35.6 Å². The normalized spacial score (nSPS) is 48.8. The van der Waals surface area contributed by atoms with E-state index in [2.05, 4.69) is 206 Å². The second-order valence-electron chi connectivity index (χ2n) is 37.5. The summed E-state index contributed by atoms with van der Waals surface area (Å²) in [6, 6.07) is 46.3. The van der Waals surface area contributed by atoms with Crippen molar-refractivity contribution >= 4 is 0 Å². The van der Waals surface area contributed by atoms with Crippen LogP contribution in [-0.2, 0) is 0 Å². The Kier molecular flexibility index (Phi) is 21.4. The highest BCUT2D eigenvalue weighted by molar-refractivity contribution is 5.32. The van der Waals surface area contributed by atoms with E-state index in [1.54, 1.807) is 0 Å². The zero-order chi connectivity index (χ0) is 68.3. The Labute approximate surface area is 633 Å². The van der Waals surface area contributed by atoms with Crippen molar-refractivity contribution in [2.75, 3.05) is 0 Å². The third kappa shape index (κ3) is 13.3. The zero-order valence-electron chi connectivity index (χ0n) is 63.1. The fourth-order valence-electron chi connectivity index (χ4n) is 28.6. The molecule has 0 spiro atoms. The van der Waals surface area contributed by atoms with Crippen molar-refractivity contribution in [1.29, 1.82) is 0 Å². The average Bonchev–Trinajstić information content (AvgIpc) is 1.58. The lowest BCUT2D eigenvalue weighted by Gasteiger charge is -2.44. The molecule has 20 N–H and O–H groups in total. The summed E-state index contributed by atoms with van der Waals surface area (Å²) in [6.07, 6.45) is 42.6. The molecule has 8 saturated carbocycles. The Morgan fingerprint density at radius 2 is 0.274 bits per heavy atom. The lowest BCUT2D eigenvalue weighted by molar-refractivity contribution is 0.137. The van der Waals surface area contributed by atoms with E-state index in [1.807, 2.05) is 0 Å². The van der Waals surface area contributed by atoms with Gasteiger partial charge in [-0.25, -0.2) is 0 Å². The predicted octanol–water partition coefficient (Wildman–Crippen LogP) is 9.14. The minimum Gasteiger partial charge on any atom is -0.412 e. The molecule has 4 aromatic rings. The van der Waals surface area contributed by atoms with Gasteiger partial charge in [-0.1, -0.05) is 198 Å². The van der Waals surface area contributed by atoms with Gasteiger partial charge in [-0.05, 0) is 220 Å². The number of fused-ring (bicyclic) bond motifs is 40. The van der Waals surface area contributed by atoms with Crippen LogP contribution in [0.4, 0.5) is 0 Å². The molecular formula is C88H132N16O2. The minimum atomic E-state index is 0. The molecule has 10 heterocycles. The minimum absolute atomic E-state index is 0. The fourth-order valence-corrected chi connectivity index (χ4v) is 28.6. The maximum atomic E-state index is 4.43. The molecule has 10 aliphatic heterocycles. The predicted molar refractivity (Wildman–Crippen MR) is 420 cm³/mol. The number of nitrogens with one attached hydrogen (secondary N) is 16. The van der Waals surface area contributed by atoms with Crippen molar-refractivity contribution in [3.05, 3.63) is 144 Å². The van der Waals surface area contributed by atoms with Crippen molar-refractivity contribution in [3.63, 3.8) is 0 Å². The molecular weight excluding hydrogens is 1310 g/mol. The highest BCUT2D eigenvalue weighted by Gasteiger charge is 2.61. The van der Waals surface area contributed by atoms with Crippen molar-refractivity contribution in [1.82, 2.24) is 85.1 Å². The SMILES string of the molecule is O.O.c1ccc(C2CCC(c3ccccc3)C3C4NC5NC(NC6NC(NC7NC(NC(N4)C23)C2CCCCC72)C2CCCCC62)C2CCCCC52)cc1.c1ccc(C2CCC(c3ccccc3)C3C4NC5NC(NC6NC(NC7NC(NC(N4)C23)C2CCCCC72)C2CCCCC62)C2CCCCC52)cc1. The molecule has 16 bridgehead atoms. The molecule has 576 valence electrons. The molecule has 0 radical (unpaired) electrons. The maximum Gasteiger partial charge on any atom is 0.0634 e. The molecule has 18 aliphatic rings. The van der Waals surface area contributed by atoms with Crippen molar-refractivity contribution in [3.8, 4) is 0 Å². The van der Waals surface area contributed by atoms with Gasteiger partial charge >= 0.3 is 0 Å². The lowest BCUT2D eigenvalue weighted by Crippen LogP contribution is -2.62. The van der Waals surface area contributed by atoms with E-state index in [4.69, 9.17) is 0 Å². The average molecular weight is 1450 g/mol. The highest BCUT2D eigenvalue weighted by atomic mass is 16.0. The topological polar surface area (TPSA) is 255 Å². The summed E-state index contributed by atoms with van der Waals surface area (Å²) in [5.41, 5.74) is 6.11. The summed E-state index contributed by atoms with van der Waals surface area (Å²) in [6.45, 7) is 0. The van der Waals surface area contributed by atoms with E-state index in [0.29, 0.717) is 192 Å². The number of hydrogen-bond acceptors (Lipinski definition) is 16. The summed E-state index contributed by atoms with van der Waals surface area (Å²) < 4.78 is 0. The lowest BCUT2D eigenvalue weighted by atomic mass is 9.62. The summed E-state index contributed by atoms with van der Waals surface area (Å²) in [5.74, 6) is 12.3. The molecule has 36 unspecified atom stereocenters. The van der Waals surface area contributed by atoms with Gasteiger partial charge in [-0.3, -0.25) is 85.1 Å². The van der Waals surface area contributed by atoms with Crippen LogP contribution in [0.5, 0.6) is 0 Å². The standard InChI is InChI=1S/2C44H64N8.2H2O/c2*1-3-13-25(14-4-1)27-23-24-28(26-15-5-2-6-16-26)36-35(27)43-50-41-33-21-11-9-19-31(33)39(48-41)46-37-29-17-7-8-18-30(29)38(45-37)47-40-32-20-10-12-22-34(32)42(49-40)51-44(36)52-43;;/h2*1-6,13-16,27-52H,7-12,17-24H2;2*1H2. The molecule has 0 amide bonds. The summed E-state index contributed by atoms with van der Waals surface area (Å²) in [5, 5.41) is 69.4. The summed E-state index contributed by atoms with van der Waals surface area (Å²) >= 11 is 0. The fraction of sp³-hybridized carbons (Fsp3) is 0.727. The van der Waals surface area contributed by atoms with Crippen molar-refractivity contribution < 1.29 is 11.0 Å². The van der Waals surface area contributed by atoms with Crippen molar-refractivity contribution in [2.45, 2.75) is 302 Å². The first-order valence-electron chi connectivity index (χ1n) is 43.9. The van der Waals surface area contributed by atoms with E-state index in [1.165, 1.54) is 202 Å². The van der Waals surface area contributed by atoms with Gasteiger partial charge < -0.3 is 11.0 Å². The Morgan fingerprint density at radius 3 is 0.415 bits per heavy atom. The Balaban J connectivity index is 0.000000142. The van der Waals surface area contributed by atoms with Gasteiger partial charge in [0.2, 0.25) is 0 Å². The molecule has 18 fully saturated rings. The van der Waals surface area contributed by atoms with Crippen LogP contribution in [0.2, 0.25) is 0 Å². The van der Waals surface area contributed by atoms with E-state index < -0.39 is 0 Å². The van der Waals surface area contributed by atoms with Crippen LogP contribution in [0, 0.1) is 94.7 Å². The number of rotatable bonds is 4. The first kappa shape index (κ1) is 72.4. The molecule has 22 rings (SSSR count). The molecule has 106 heavy (non-hydrogen) atoms. The summed E-state index contributed by atoms with van der Waals surface area (Å²) in [4.78, 5) is 0. The van der Waals surface area contributed by atoms with Gasteiger partial charge in [0.1, 0.15) is 0 Å². The van der Waals surface area contributed by atoms with Crippen LogP contribution >= 0.6 is 0 Å². The quantitative estimate of drug-likeness (QED) is 0.0909. The molecule has 4 aromatic carbocycles. The van der Waals surface area contributed by atoms with E-state index in [0.717, 1.165) is 0 Å². The molecule has 36 atom stereocenters. The van der Waals surface area contributed by atoms with Gasteiger partial charge in [0.15, 0.2) is 0 Å². The van der Waals surface area contributed by atoms with Crippen LogP contribution in [0.25, 0.3) is 0 Å².